The van der Waals surface area contributed by atoms with Crippen molar-refractivity contribution in [3.8, 4) is 6.01 Å². The maximum absolute atomic E-state index is 5.22. The fourth-order valence-corrected chi connectivity index (χ4v) is 0.916. The second-order valence-electron chi connectivity index (χ2n) is 2.54. The van der Waals surface area contributed by atoms with Crippen molar-refractivity contribution >= 4 is 11.2 Å². The summed E-state index contributed by atoms with van der Waals surface area (Å²) in [6.07, 6.45) is 3.84. The summed E-state index contributed by atoms with van der Waals surface area (Å²) in [5.41, 5.74) is 1.10. The van der Waals surface area contributed by atoms with Gasteiger partial charge in [0.15, 0.2) is 6.39 Å². The monoisotopic (exact) mass is 179 g/mol. The van der Waals surface area contributed by atoms with Crippen LogP contribution >= 0.6 is 0 Å². The first-order chi connectivity index (χ1) is 6.40. The molecular weight excluding hydrogens is 170 g/mol. The molecule has 5 heteroatoms. The molecule has 0 aliphatic rings. The molecule has 0 spiro atoms. The average molecular weight is 179 g/mol. The number of oxazole rings is 1. The summed E-state index contributed by atoms with van der Waals surface area (Å²) < 4.78 is 10.2. The highest BCUT2D eigenvalue weighted by atomic mass is 16.5. The number of hydrogen-bond acceptors (Lipinski definition) is 5. The lowest BCUT2D eigenvalue weighted by Gasteiger charge is -1.99. The Hall–Kier alpha value is -1.65. The summed E-state index contributed by atoms with van der Waals surface area (Å²) in [4.78, 5) is 11.9. The van der Waals surface area contributed by atoms with E-state index in [-0.39, 0.29) is 0 Å². The molecule has 0 radical (unpaired) electrons. The summed E-state index contributed by atoms with van der Waals surface area (Å²) in [6, 6.07) is 0.339. The highest BCUT2D eigenvalue weighted by molar-refractivity contribution is 5.65. The molecule has 0 aliphatic heterocycles. The van der Waals surface area contributed by atoms with E-state index in [0.29, 0.717) is 23.8 Å². The second kappa shape index (κ2) is 3.38. The highest BCUT2D eigenvalue weighted by Crippen LogP contribution is 2.11. The van der Waals surface area contributed by atoms with E-state index in [0.717, 1.165) is 6.42 Å². The van der Waals surface area contributed by atoms with Crippen molar-refractivity contribution in [3.05, 3.63) is 12.6 Å². The molecule has 5 nitrogen and oxygen atoms in total. The Morgan fingerprint density at radius 3 is 3.23 bits per heavy atom. The molecule has 0 unspecified atom stereocenters. The van der Waals surface area contributed by atoms with Gasteiger partial charge in [-0.2, -0.15) is 4.98 Å². The molecule has 2 heterocycles. The molecular formula is C8H9N3O2. The molecule has 2 rings (SSSR count). The van der Waals surface area contributed by atoms with Crippen LogP contribution in [0.15, 0.2) is 17.0 Å². The van der Waals surface area contributed by atoms with Crippen LogP contribution in [0, 0.1) is 0 Å². The predicted molar refractivity (Wildman–Crippen MR) is 45.4 cm³/mol. The van der Waals surface area contributed by atoms with Gasteiger partial charge in [-0.15, -0.1) is 0 Å². The van der Waals surface area contributed by atoms with Gasteiger partial charge in [0, 0.05) is 0 Å². The van der Waals surface area contributed by atoms with Crippen molar-refractivity contribution in [3.63, 3.8) is 0 Å². The zero-order chi connectivity index (χ0) is 9.10. The van der Waals surface area contributed by atoms with Crippen LogP contribution < -0.4 is 4.74 Å². The Bertz CT molecular complexity index is 399. The summed E-state index contributed by atoms with van der Waals surface area (Å²) in [5, 5.41) is 0. The molecule has 68 valence electrons. The number of nitrogens with zero attached hydrogens (tertiary/aromatic N) is 3. The maximum atomic E-state index is 5.22. The van der Waals surface area contributed by atoms with E-state index < -0.39 is 0 Å². The highest BCUT2D eigenvalue weighted by Gasteiger charge is 2.03. The van der Waals surface area contributed by atoms with Crippen molar-refractivity contribution < 1.29 is 9.15 Å². The predicted octanol–water partition coefficient (Wildman–Crippen LogP) is 1.41. The Morgan fingerprint density at radius 1 is 1.46 bits per heavy atom. The first kappa shape index (κ1) is 7.97. The Kier molecular flexibility index (Phi) is 2.08. The lowest BCUT2D eigenvalue weighted by molar-refractivity contribution is 0.292. The normalized spacial score (nSPS) is 10.5. The van der Waals surface area contributed by atoms with Gasteiger partial charge in [-0.3, -0.25) is 0 Å². The molecule has 0 atom stereocenters. The summed E-state index contributed by atoms with van der Waals surface area (Å²) in [5.74, 6) is 0. The zero-order valence-electron chi connectivity index (χ0n) is 7.23. The minimum atomic E-state index is 0.339. The molecule has 0 amide bonds. The third-order valence-corrected chi connectivity index (χ3v) is 1.50. The molecule has 0 N–H and O–H groups in total. The van der Waals surface area contributed by atoms with Crippen molar-refractivity contribution in [2.75, 3.05) is 6.61 Å². The van der Waals surface area contributed by atoms with E-state index in [1.807, 2.05) is 6.92 Å². The minimum absolute atomic E-state index is 0.339. The quantitative estimate of drug-likeness (QED) is 0.712. The molecule has 13 heavy (non-hydrogen) atoms. The first-order valence-corrected chi connectivity index (χ1v) is 4.09. The van der Waals surface area contributed by atoms with Crippen LogP contribution in [-0.2, 0) is 0 Å². The molecule has 0 saturated carbocycles. The molecule has 0 saturated heterocycles. The number of aromatic nitrogens is 3. The smallest absolute Gasteiger partial charge is 0.319 e. The van der Waals surface area contributed by atoms with Gasteiger partial charge in [-0.05, 0) is 6.42 Å². The van der Waals surface area contributed by atoms with Crippen molar-refractivity contribution in [1.82, 2.24) is 15.0 Å². The van der Waals surface area contributed by atoms with Gasteiger partial charge in [-0.1, -0.05) is 6.92 Å². The molecule has 2 aromatic heterocycles. The van der Waals surface area contributed by atoms with Gasteiger partial charge in [0.05, 0.1) is 12.8 Å². The van der Waals surface area contributed by atoms with Crippen LogP contribution in [-0.4, -0.2) is 21.6 Å². The average Bonchev–Trinajstić information content (AvgIpc) is 2.61. The van der Waals surface area contributed by atoms with E-state index in [9.17, 15) is 0 Å². The van der Waals surface area contributed by atoms with Crippen LogP contribution in [0.5, 0.6) is 6.01 Å². The van der Waals surface area contributed by atoms with Crippen molar-refractivity contribution in [1.29, 1.82) is 0 Å². The van der Waals surface area contributed by atoms with Gasteiger partial charge < -0.3 is 9.15 Å². The van der Waals surface area contributed by atoms with E-state index in [1.165, 1.54) is 6.39 Å². The lowest BCUT2D eigenvalue weighted by atomic mass is 10.5. The molecule has 0 aromatic carbocycles. The second-order valence-corrected chi connectivity index (χ2v) is 2.54. The molecule has 2 aromatic rings. The largest absolute Gasteiger partial charge is 0.463 e. The van der Waals surface area contributed by atoms with Gasteiger partial charge in [0.2, 0.25) is 0 Å². The molecule has 0 bridgehead atoms. The van der Waals surface area contributed by atoms with Gasteiger partial charge in [-0.25, -0.2) is 9.97 Å². The van der Waals surface area contributed by atoms with E-state index >= 15 is 0 Å². The van der Waals surface area contributed by atoms with Crippen molar-refractivity contribution in [2.45, 2.75) is 13.3 Å². The van der Waals surface area contributed by atoms with Crippen LogP contribution in [0.25, 0.3) is 11.2 Å². The maximum Gasteiger partial charge on any atom is 0.319 e. The lowest BCUT2D eigenvalue weighted by Crippen LogP contribution is -1.99. The topological polar surface area (TPSA) is 61.0 Å². The molecule has 0 fully saturated rings. The summed E-state index contributed by atoms with van der Waals surface area (Å²) in [7, 11) is 0. The number of fused-ring (bicyclic) bond motifs is 1. The minimum Gasteiger partial charge on any atom is -0.463 e. The van der Waals surface area contributed by atoms with E-state index in [4.69, 9.17) is 9.15 Å². The standard InChI is InChI=1S/C8H9N3O2/c1-2-3-12-8-9-4-6-7(11-8)13-5-10-6/h4-5H,2-3H2,1H3. The first-order valence-electron chi connectivity index (χ1n) is 4.09. The van der Waals surface area contributed by atoms with Crippen LogP contribution in [0.3, 0.4) is 0 Å². The summed E-state index contributed by atoms with van der Waals surface area (Å²) in [6.45, 7) is 2.63. The zero-order valence-corrected chi connectivity index (χ0v) is 7.23. The Morgan fingerprint density at radius 2 is 2.38 bits per heavy atom. The van der Waals surface area contributed by atoms with E-state index in [2.05, 4.69) is 15.0 Å². The SMILES string of the molecule is CCCOc1ncc2ncoc2n1. The van der Waals surface area contributed by atoms with E-state index in [1.54, 1.807) is 6.20 Å². The van der Waals surface area contributed by atoms with Gasteiger partial charge >= 0.3 is 6.01 Å². The van der Waals surface area contributed by atoms with Gasteiger partial charge in [0.1, 0.15) is 5.52 Å². The number of ether oxygens (including phenoxy) is 1. The molecule has 0 aliphatic carbocycles. The van der Waals surface area contributed by atoms with Crippen LogP contribution in [0.2, 0.25) is 0 Å². The summed E-state index contributed by atoms with van der Waals surface area (Å²) >= 11 is 0. The van der Waals surface area contributed by atoms with Crippen LogP contribution in [0.4, 0.5) is 0 Å². The van der Waals surface area contributed by atoms with Crippen LogP contribution in [0.1, 0.15) is 13.3 Å². The fraction of sp³-hybridized carbons (Fsp3) is 0.375. The number of hydrogen-bond donors (Lipinski definition) is 0. The van der Waals surface area contributed by atoms with Crippen molar-refractivity contribution in [2.24, 2.45) is 0 Å². The Labute approximate surface area is 74.8 Å². The van der Waals surface area contributed by atoms with Gasteiger partial charge in [0.25, 0.3) is 5.71 Å². The third kappa shape index (κ3) is 1.58. The third-order valence-electron chi connectivity index (χ3n) is 1.50. The number of rotatable bonds is 3. The fourth-order valence-electron chi connectivity index (χ4n) is 0.916. The Balaban J connectivity index is 2.26.